The van der Waals surface area contributed by atoms with Crippen LogP contribution >= 0.6 is 0 Å². The van der Waals surface area contributed by atoms with Crippen LogP contribution in [0.3, 0.4) is 0 Å². The van der Waals surface area contributed by atoms with Crippen LogP contribution in [0.25, 0.3) is 77.7 Å². The molecule has 0 saturated carbocycles. The minimum Gasteiger partial charge on any atom is -0.350 e. The minimum atomic E-state index is -0.299. The molecular formula is C71H53N7. The molecule has 7 heteroatoms. The third kappa shape index (κ3) is 6.39. The van der Waals surface area contributed by atoms with Gasteiger partial charge in [-0.25, -0.2) is 4.99 Å². The van der Waals surface area contributed by atoms with E-state index in [1.54, 1.807) is 0 Å². The minimum absolute atomic E-state index is 0.0110. The third-order valence-electron chi connectivity index (χ3n) is 17.2. The lowest BCUT2D eigenvalue weighted by Gasteiger charge is -2.39. The first kappa shape index (κ1) is 44.6. The molecule has 1 aliphatic carbocycles. The molecule has 2 aliphatic heterocycles. The fourth-order valence-electron chi connectivity index (χ4n) is 13.8. The molecule has 372 valence electrons. The number of rotatable bonds is 7. The lowest BCUT2D eigenvalue weighted by atomic mass is 9.72. The van der Waals surface area contributed by atoms with Crippen molar-refractivity contribution in [1.29, 1.82) is 0 Å². The molecule has 0 amide bonds. The topological polar surface area (TPSA) is 45.7 Å². The zero-order chi connectivity index (χ0) is 51.6. The number of nitrogens with zero attached hydrogens (tertiary/aromatic N) is 6. The maximum Gasteiger partial charge on any atom is 0.134 e. The zero-order valence-corrected chi connectivity index (χ0v) is 43.2. The van der Waals surface area contributed by atoms with E-state index in [1.807, 2.05) is 0 Å². The smallest absolute Gasteiger partial charge is 0.134 e. The number of nitrogens with one attached hydrogen (secondary N) is 1. The summed E-state index contributed by atoms with van der Waals surface area (Å²) in [4.78, 5) is 10.6. The van der Waals surface area contributed by atoms with Gasteiger partial charge in [0, 0.05) is 71.9 Å². The highest BCUT2D eigenvalue weighted by molar-refractivity contribution is 6.28. The van der Waals surface area contributed by atoms with Crippen molar-refractivity contribution in [3.8, 4) is 17.1 Å². The van der Waals surface area contributed by atoms with Gasteiger partial charge in [-0.1, -0.05) is 176 Å². The van der Waals surface area contributed by atoms with Crippen LogP contribution in [0.2, 0.25) is 0 Å². The fraction of sp³-hybridized carbons (Fsp3) is 0.0845. The van der Waals surface area contributed by atoms with Gasteiger partial charge < -0.3 is 23.9 Å². The number of para-hydroxylation sites is 6. The molecule has 78 heavy (non-hydrogen) atoms. The highest BCUT2D eigenvalue weighted by Gasteiger charge is 2.51. The van der Waals surface area contributed by atoms with E-state index in [4.69, 9.17) is 4.99 Å². The van der Waals surface area contributed by atoms with Crippen LogP contribution in [0, 0.1) is 0 Å². The van der Waals surface area contributed by atoms with Gasteiger partial charge in [-0.05, 0) is 116 Å². The highest BCUT2D eigenvalue weighted by Crippen LogP contribution is 2.61. The highest BCUT2D eigenvalue weighted by atomic mass is 15.4. The number of aromatic nitrogens is 3. The summed E-state index contributed by atoms with van der Waals surface area (Å²) in [7, 11) is 2.17. The summed E-state index contributed by atoms with van der Waals surface area (Å²) in [6.45, 7) is 2.43. The van der Waals surface area contributed by atoms with Crippen LogP contribution in [0.5, 0.6) is 0 Å². The molecule has 16 rings (SSSR count). The number of fused-ring (bicyclic) bond motifs is 14. The molecule has 3 aliphatic rings. The Labute approximate surface area is 452 Å². The molecule has 0 radical (unpaired) electrons. The second kappa shape index (κ2) is 17.2. The van der Waals surface area contributed by atoms with Gasteiger partial charge in [0.05, 0.1) is 39.3 Å². The SMILES string of the molecule is CN1C(c2ccccc2)N=C(c2cccc3c4ccc5c(c6ccccc6n5-c5ccc6c(c5)c5c(n6-c6ccccc6)C=CC6(C)c7ccccc7N(c7ccccc7)C56)c4n(-c4ccccc4)c23)NC1c1ccccc1. The Morgan fingerprint density at radius 1 is 0.462 bits per heavy atom. The maximum absolute atomic E-state index is 5.63. The van der Waals surface area contributed by atoms with Gasteiger partial charge in [0.1, 0.15) is 18.2 Å². The summed E-state index contributed by atoms with van der Waals surface area (Å²) in [5.74, 6) is 0.862. The summed E-state index contributed by atoms with van der Waals surface area (Å²) in [6.07, 6.45) is 4.52. The predicted molar refractivity (Wildman–Crippen MR) is 322 cm³/mol. The lowest BCUT2D eigenvalue weighted by Crippen LogP contribution is -2.46. The van der Waals surface area contributed by atoms with Gasteiger partial charge in [-0.2, -0.15) is 0 Å². The van der Waals surface area contributed by atoms with Gasteiger partial charge in [0.15, 0.2) is 0 Å². The van der Waals surface area contributed by atoms with E-state index in [9.17, 15) is 0 Å². The van der Waals surface area contributed by atoms with E-state index in [-0.39, 0.29) is 23.8 Å². The van der Waals surface area contributed by atoms with Crippen molar-refractivity contribution in [3.05, 3.63) is 288 Å². The fourth-order valence-corrected chi connectivity index (χ4v) is 13.8. The van der Waals surface area contributed by atoms with Gasteiger partial charge in [0.2, 0.25) is 0 Å². The number of hydrogen-bond donors (Lipinski definition) is 1. The van der Waals surface area contributed by atoms with Crippen LogP contribution in [0.15, 0.2) is 260 Å². The molecule has 13 aromatic rings. The first-order chi connectivity index (χ1) is 38.5. The average molecular weight is 1000 g/mol. The summed E-state index contributed by atoms with van der Waals surface area (Å²) < 4.78 is 7.51. The normalized spacial score (nSPS) is 18.9. The van der Waals surface area contributed by atoms with E-state index in [0.717, 1.165) is 50.6 Å². The van der Waals surface area contributed by atoms with Crippen LogP contribution in [0.1, 0.15) is 58.8 Å². The molecule has 4 unspecified atom stereocenters. The second-order valence-corrected chi connectivity index (χ2v) is 21.4. The Morgan fingerprint density at radius 2 is 1.05 bits per heavy atom. The Hall–Kier alpha value is -9.69. The Kier molecular flexibility index (Phi) is 9.81. The average Bonchev–Trinajstić information content (AvgIpc) is 4.40. The number of amidine groups is 1. The molecule has 0 spiro atoms. The number of anilines is 2. The quantitative estimate of drug-likeness (QED) is 0.173. The van der Waals surface area contributed by atoms with Crippen molar-refractivity contribution in [2.75, 3.05) is 11.9 Å². The first-order valence-electron chi connectivity index (χ1n) is 27.1. The van der Waals surface area contributed by atoms with Gasteiger partial charge >= 0.3 is 0 Å². The monoisotopic (exact) mass is 1000 g/mol. The molecule has 0 fully saturated rings. The van der Waals surface area contributed by atoms with E-state index in [0.29, 0.717) is 0 Å². The summed E-state index contributed by atoms with van der Waals surface area (Å²) in [5.41, 5.74) is 18.5. The first-order valence-corrected chi connectivity index (χ1v) is 27.1. The van der Waals surface area contributed by atoms with E-state index in [2.05, 4.69) is 304 Å². The van der Waals surface area contributed by atoms with E-state index < -0.39 is 0 Å². The summed E-state index contributed by atoms with van der Waals surface area (Å²) in [6, 6.07) is 90.9. The predicted octanol–water partition coefficient (Wildman–Crippen LogP) is 16.7. The number of hydrogen-bond acceptors (Lipinski definition) is 4. The van der Waals surface area contributed by atoms with E-state index >= 15 is 0 Å². The molecule has 5 heterocycles. The molecule has 10 aromatic carbocycles. The molecule has 7 nitrogen and oxygen atoms in total. The maximum atomic E-state index is 5.63. The Bertz CT molecular complexity index is 4570. The molecule has 4 atom stereocenters. The third-order valence-corrected chi connectivity index (χ3v) is 17.2. The van der Waals surface area contributed by atoms with Crippen molar-refractivity contribution >= 4 is 77.8 Å². The Morgan fingerprint density at radius 3 is 1.79 bits per heavy atom. The number of benzene rings is 10. The largest absolute Gasteiger partial charge is 0.350 e. The van der Waals surface area contributed by atoms with Crippen LogP contribution < -0.4 is 10.2 Å². The van der Waals surface area contributed by atoms with Crippen molar-refractivity contribution in [2.45, 2.75) is 30.7 Å². The molecular weight excluding hydrogens is 951 g/mol. The van der Waals surface area contributed by atoms with Gasteiger partial charge in [0.25, 0.3) is 0 Å². The lowest BCUT2D eigenvalue weighted by molar-refractivity contribution is 0.152. The van der Waals surface area contributed by atoms with Crippen LogP contribution in [0.4, 0.5) is 11.4 Å². The van der Waals surface area contributed by atoms with E-state index in [1.165, 1.54) is 71.7 Å². The van der Waals surface area contributed by atoms with Crippen molar-refractivity contribution < 1.29 is 0 Å². The second-order valence-electron chi connectivity index (χ2n) is 21.4. The Balaban J connectivity index is 0.960. The van der Waals surface area contributed by atoms with Crippen molar-refractivity contribution in [2.24, 2.45) is 4.99 Å². The molecule has 1 N–H and O–H groups in total. The molecule has 3 aromatic heterocycles. The summed E-state index contributed by atoms with van der Waals surface area (Å²) >= 11 is 0. The van der Waals surface area contributed by atoms with Crippen molar-refractivity contribution in [3.63, 3.8) is 0 Å². The molecule has 0 bridgehead atoms. The van der Waals surface area contributed by atoms with Crippen LogP contribution in [-0.4, -0.2) is 31.5 Å². The summed E-state index contributed by atoms with van der Waals surface area (Å²) in [5, 5.41) is 9.98. The molecule has 0 saturated heterocycles. The van der Waals surface area contributed by atoms with Crippen LogP contribution in [-0.2, 0) is 5.41 Å². The van der Waals surface area contributed by atoms with Gasteiger partial charge in [-0.15, -0.1) is 0 Å². The van der Waals surface area contributed by atoms with Crippen molar-refractivity contribution in [1.82, 2.24) is 23.9 Å². The standard InChI is InChI=1S/C71H53N7/c1-71-44-43-62-64(67(71)77(49-29-14-6-15-30-49)60-38-21-19-36-57(60)71)56-45-51(39-41-59(56)75(62)48-27-12-5-13-28-48)76-58-37-20-18-33-54(58)63-61(76)42-40-53-52-34-22-35-55(65(52)78(66(53)63)50-31-16-7-17-32-50)68-72-69(46-23-8-3-9-24-46)74(2)70(73-68)47-25-10-4-11-26-47/h3-45,67,69-70H,1-2H3,(H,72,73). The van der Waals surface area contributed by atoms with Gasteiger partial charge in [-0.3, -0.25) is 4.90 Å². The number of aliphatic imine (C=N–C) groups is 1. The zero-order valence-electron chi connectivity index (χ0n) is 43.2.